The number of benzene rings is 2. The molecule has 2 saturated heterocycles. The molecule has 4 unspecified atom stereocenters. The van der Waals surface area contributed by atoms with Gasteiger partial charge in [-0.15, -0.1) is 12.4 Å². The normalized spacial score (nSPS) is 23.2. The number of aryl methyl sites for hydroxylation is 2. The Kier molecular flexibility index (Phi) is 9.72. The van der Waals surface area contributed by atoms with E-state index >= 15 is 0 Å². The van der Waals surface area contributed by atoms with Crippen LogP contribution in [0.25, 0.3) is 0 Å². The predicted molar refractivity (Wildman–Crippen MR) is 137 cm³/mol. The van der Waals surface area contributed by atoms with Gasteiger partial charge in [-0.1, -0.05) is 58.6 Å². The van der Waals surface area contributed by atoms with Crippen LogP contribution in [0, 0.1) is 25.7 Å². The molecule has 2 N–H and O–H groups in total. The molecule has 2 heterocycles. The maximum atomic E-state index is 7.12. The van der Waals surface area contributed by atoms with Crippen LogP contribution in [0.2, 0.25) is 10.0 Å². The molecule has 4 rings (SSSR count). The van der Waals surface area contributed by atoms with E-state index < -0.39 is 0 Å². The zero-order valence-corrected chi connectivity index (χ0v) is 21.3. The lowest BCUT2D eigenvalue weighted by atomic mass is 9.85. The number of hydrogen-bond acceptors (Lipinski definition) is 3. The number of ether oxygens (including phenoxy) is 1. The Hall–Kier alpha value is -0.810. The number of piperidine rings is 2. The third kappa shape index (κ3) is 6.20. The predicted octanol–water partition coefficient (Wildman–Crippen LogP) is 6.83. The summed E-state index contributed by atoms with van der Waals surface area (Å²) in [6.45, 7) is 8.29. The van der Waals surface area contributed by atoms with Crippen molar-refractivity contribution in [3.8, 4) is 0 Å². The first-order valence-corrected chi connectivity index (χ1v) is 12.4. The average molecular weight is 498 g/mol. The summed E-state index contributed by atoms with van der Waals surface area (Å²) in [5.41, 5.74) is 4.63. The molecule has 176 valence electrons. The van der Waals surface area contributed by atoms with Crippen molar-refractivity contribution in [3.63, 3.8) is 0 Å². The van der Waals surface area contributed by atoms with Crippen LogP contribution < -0.4 is 10.6 Å². The highest BCUT2D eigenvalue weighted by molar-refractivity contribution is 6.31. The van der Waals surface area contributed by atoms with Crippen molar-refractivity contribution in [2.75, 3.05) is 26.2 Å². The van der Waals surface area contributed by atoms with Gasteiger partial charge in [0.05, 0.1) is 12.2 Å². The second kappa shape index (κ2) is 12.1. The summed E-state index contributed by atoms with van der Waals surface area (Å²) < 4.78 is 7.12. The monoisotopic (exact) mass is 496 g/mol. The van der Waals surface area contributed by atoms with E-state index in [-0.39, 0.29) is 24.6 Å². The van der Waals surface area contributed by atoms with Gasteiger partial charge in [-0.25, -0.2) is 0 Å². The SMILES string of the molecule is Cc1ccc(Cl)c(C(OC(c2cc(C)ccc2Cl)C2CCCNC2)C2CCCNC2)c1.Cl. The van der Waals surface area contributed by atoms with Gasteiger partial charge in [-0.05, 0) is 75.9 Å². The lowest BCUT2D eigenvalue weighted by Crippen LogP contribution is -2.38. The topological polar surface area (TPSA) is 33.3 Å². The molecule has 2 aromatic carbocycles. The second-order valence-electron chi connectivity index (χ2n) is 9.24. The molecule has 3 nitrogen and oxygen atoms in total. The van der Waals surface area contributed by atoms with Crippen LogP contribution in [-0.4, -0.2) is 26.2 Å². The van der Waals surface area contributed by atoms with Gasteiger partial charge in [0.25, 0.3) is 0 Å². The zero-order valence-electron chi connectivity index (χ0n) is 19.0. The first-order chi connectivity index (χ1) is 15.0. The molecule has 32 heavy (non-hydrogen) atoms. The summed E-state index contributed by atoms with van der Waals surface area (Å²) in [6, 6.07) is 12.6. The minimum atomic E-state index is -0.0660. The molecule has 2 fully saturated rings. The Balaban J connectivity index is 0.00000289. The Morgan fingerprint density at radius 3 is 1.59 bits per heavy atom. The van der Waals surface area contributed by atoms with E-state index in [0.29, 0.717) is 11.8 Å². The maximum Gasteiger partial charge on any atom is 0.0888 e. The van der Waals surface area contributed by atoms with Gasteiger partial charge in [-0.2, -0.15) is 0 Å². The first kappa shape index (κ1) is 25.8. The van der Waals surface area contributed by atoms with Gasteiger partial charge in [-0.3, -0.25) is 0 Å². The number of rotatable bonds is 6. The van der Waals surface area contributed by atoms with E-state index in [9.17, 15) is 0 Å². The van der Waals surface area contributed by atoms with Crippen LogP contribution in [0.5, 0.6) is 0 Å². The van der Waals surface area contributed by atoms with Crippen LogP contribution >= 0.6 is 35.6 Å². The molecule has 0 radical (unpaired) electrons. The summed E-state index contributed by atoms with van der Waals surface area (Å²) in [7, 11) is 0. The van der Waals surface area contributed by atoms with Crippen molar-refractivity contribution in [2.45, 2.75) is 51.7 Å². The quantitative estimate of drug-likeness (QED) is 0.459. The van der Waals surface area contributed by atoms with Crippen molar-refractivity contribution in [2.24, 2.45) is 11.8 Å². The van der Waals surface area contributed by atoms with E-state index in [2.05, 4.69) is 48.7 Å². The van der Waals surface area contributed by atoms with E-state index in [1.54, 1.807) is 0 Å². The minimum absolute atomic E-state index is 0. The second-order valence-corrected chi connectivity index (χ2v) is 10.1. The fourth-order valence-electron chi connectivity index (χ4n) is 5.07. The molecular formula is C26H35Cl3N2O. The number of hydrogen-bond donors (Lipinski definition) is 2. The highest BCUT2D eigenvalue weighted by Crippen LogP contribution is 2.43. The first-order valence-electron chi connectivity index (χ1n) is 11.6. The van der Waals surface area contributed by atoms with Gasteiger partial charge in [0, 0.05) is 35.0 Å². The summed E-state index contributed by atoms with van der Waals surface area (Å²) in [4.78, 5) is 0. The van der Waals surface area contributed by atoms with Crippen LogP contribution in [-0.2, 0) is 4.74 Å². The molecule has 0 saturated carbocycles. The lowest BCUT2D eigenvalue weighted by molar-refractivity contribution is -0.0812. The van der Waals surface area contributed by atoms with Gasteiger partial charge in [0.2, 0.25) is 0 Å². The molecular weight excluding hydrogens is 463 g/mol. The molecule has 0 bridgehead atoms. The fraction of sp³-hybridized carbons (Fsp3) is 0.538. The zero-order chi connectivity index (χ0) is 21.8. The summed E-state index contributed by atoms with van der Waals surface area (Å²) >= 11 is 13.5. The third-order valence-electron chi connectivity index (χ3n) is 6.74. The third-order valence-corrected chi connectivity index (χ3v) is 7.42. The average Bonchev–Trinajstić information content (AvgIpc) is 2.79. The van der Waals surface area contributed by atoms with Crippen molar-refractivity contribution >= 4 is 35.6 Å². The standard InChI is InChI=1S/C26H34Cl2N2O.ClH/c1-17-7-9-23(27)21(13-17)25(19-5-3-11-29-15-19)31-26(20-6-4-12-30-16-20)22-14-18(2)8-10-24(22)28;/h7-10,13-14,19-20,25-26,29-30H,3-6,11-12,15-16H2,1-2H3;1H. The molecule has 4 atom stereocenters. The maximum absolute atomic E-state index is 7.12. The smallest absolute Gasteiger partial charge is 0.0888 e. The molecule has 0 aliphatic carbocycles. The molecule has 2 aromatic rings. The highest BCUT2D eigenvalue weighted by atomic mass is 35.5. The molecule has 2 aliphatic rings. The van der Waals surface area contributed by atoms with E-state index in [1.165, 1.54) is 11.1 Å². The Bertz CT molecular complexity index is 808. The summed E-state index contributed by atoms with van der Waals surface area (Å²) in [6.07, 6.45) is 4.47. The Labute approximate surface area is 209 Å². The number of nitrogens with one attached hydrogen (secondary N) is 2. The van der Waals surface area contributed by atoms with E-state index in [4.69, 9.17) is 27.9 Å². The van der Waals surface area contributed by atoms with Gasteiger partial charge in [0.1, 0.15) is 0 Å². The Morgan fingerprint density at radius 1 is 0.781 bits per heavy atom. The number of halogens is 3. The molecule has 0 spiro atoms. The van der Waals surface area contributed by atoms with Gasteiger partial charge >= 0.3 is 0 Å². The van der Waals surface area contributed by atoms with Gasteiger partial charge in [0.15, 0.2) is 0 Å². The van der Waals surface area contributed by atoms with Crippen molar-refractivity contribution in [3.05, 3.63) is 68.7 Å². The molecule has 0 amide bonds. The van der Waals surface area contributed by atoms with Crippen molar-refractivity contribution < 1.29 is 4.74 Å². The molecule has 0 aromatic heterocycles. The highest BCUT2D eigenvalue weighted by Gasteiger charge is 2.35. The lowest BCUT2D eigenvalue weighted by Gasteiger charge is -2.38. The van der Waals surface area contributed by atoms with Crippen molar-refractivity contribution in [1.82, 2.24) is 10.6 Å². The summed E-state index contributed by atoms with van der Waals surface area (Å²) in [5.74, 6) is 0.770. The van der Waals surface area contributed by atoms with Crippen LogP contribution in [0.1, 0.15) is 60.1 Å². The van der Waals surface area contributed by atoms with E-state index in [0.717, 1.165) is 73.0 Å². The molecule has 6 heteroatoms. The minimum Gasteiger partial charge on any atom is -0.365 e. The summed E-state index contributed by atoms with van der Waals surface area (Å²) in [5, 5.41) is 8.72. The molecule has 2 aliphatic heterocycles. The van der Waals surface area contributed by atoms with Crippen LogP contribution in [0.3, 0.4) is 0 Å². The fourth-order valence-corrected chi connectivity index (χ4v) is 5.52. The van der Waals surface area contributed by atoms with Crippen LogP contribution in [0.4, 0.5) is 0 Å². The van der Waals surface area contributed by atoms with E-state index in [1.807, 2.05) is 12.1 Å². The van der Waals surface area contributed by atoms with Gasteiger partial charge < -0.3 is 15.4 Å². The van der Waals surface area contributed by atoms with Crippen LogP contribution in [0.15, 0.2) is 36.4 Å². The largest absolute Gasteiger partial charge is 0.365 e. The van der Waals surface area contributed by atoms with Crippen molar-refractivity contribution in [1.29, 1.82) is 0 Å². The Morgan fingerprint density at radius 2 is 1.22 bits per heavy atom.